The van der Waals surface area contributed by atoms with Crippen molar-refractivity contribution in [3.8, 4) is 5.75 Å². The maximum atomic E-state index is 11.9. The van der Waals surface area contributed by atoms with Gasteiger partial charge in [0.1, 0.15) is 5.75 Å². The number of ether oxygens (including phenoxy) is 1. The van der Waals surface area contributed by atoms with Gasteiger partial charge in [-0.15, -0.1) is 0 Å². The van der Waals surface area contributed by atoms with Gasteiger partial charge in [0.25, 0.3) is 0 Å². The average molecular weight is 277 g/mol. The lowest BCUT2D eigenvalue weighted by molar-refractivity contribution is -0.153. The molecule has 1 unspecified atom stereocenters. The van der Waals surface area contributed by atoms with E-state index in [1.807, 2.05) is 0 Å². The van der Waals surface area contributed by atoms with Crippen molar-refractivity contribution >= 4 is 0 Å². The van der Waals surface area contributed by atoms with E-state index in [4.69, 9.17) is 5.11 Å². The number of rotatable bonds is 7. The van der Waals surface area contributed by atoms with E-state index >= 15 is 0 Å². The molecule has 0 fully saturated rings. The zero-order valence-corrected chi connectivity index (χ0v) is 10.7. The average Bonchev–Trinajstić information content (AvgIpc) is 2.32. The van der Waals surface area contributed by atoms with Gasteiger partial charge in [-0.3, -0.25) is 0 Å². The fourth-order valence-corrected chi connectivity index (χ4v) is 1.41. The van der Waals surface area contributed by atoms with Crippen LogP contribution in [0.15, 0.2) is 24.3 Å². The van der Waals surface area contributed by atoms with E-state index in [1.165, 1.54) is 12.1 Å². The number of benzene rings is 1. The zero-order valence-electron chi connectivity index (χ0n) is 10.7. The van der Waals surface area contributed by atoms with E-state index < -0.39 is 12.8 Å². The van der Waals surface area contributed by atoms with Gasteiger partial charge in [-0.2, -0.15) is 13.2 Å². The van der Waals surface area contributed by atoms with Gasteiger partial charge in [-0.05, 0) is 37.6 Å². The molecule has 0 aromatic heterocycles. The minimum atomic E-state index is -4.32. The molecule has 108 valence electrons. The molecule has 0 radical (unpaired) electrons. The third-order valence-electron chi connectivity index (χ3n) is 2.39. The highest BCUT2D eigenvalue weighted by molar-refractivity contribution is 5.27. The Morgan fingerprint density at radius 1 is 1.26 bits per heavy atom. The molecule has 0 bridgehead atoms. The molecule has 1 aromatic carbocycles. The van der Waals surface area contributed by atoms with E-state index in [-0.39, 0.29) is 11.9 Å². The second-order valence-electron chi connectivity index (χ2n) is 4.36. The van der Waals surface area contributed by atoms with Crippen LogP contribution in [0.4, 0.5) is 13.2 Å². The van der Waals surface area contributed by atoms with E-state index in [0.29, 0.717) is 19.5 Å². The maximum absolute atomic E-state index is 11.9. The maximum Gasteiger partial charge on any atom is 0.422 e. The van der Waals surface area contributed by atoms with Crippen molar-refractivity contribution < 1.29 is 23.0 Å². The van der Waals surface area contributed by atoms with Gasteiger partial charge in [0.2, 0.25) is 0 Å². The fraction of sp³-hybridized carbons (Fsp3) is 0.538. The predicted molar refractivity (Wildman–Crippen MR) is 66.0 cm³/mol. The van der Waals surface area contributed by atoms with Gasteiger partial charge < -0.3 is 15.2 Å². The third kappa shape index (κ3) is 7.69. The molecule has 3 nitrogen and oxygen atoms in total. The molecule has 0 aliphatic rings. The molecular formula is C13H18F3NO2. The number of hydrogen-bond donors (Lipinski definition) is 2. The Balaban J connectivity index is 2.31. The molecule has 0 heterocycles. The quantitative estimate of drug-likeness (QED) is 0.752. The predicted octanol–water partition coefficient (Wildman–Crippen LogP) is 2.49. The summed E-state index contributed by atoms with van der Waals surface area (Å²) in [7, 11) is 0. The van der Waals surface area contributed by atoms with Crippen LogP contribution in [0.25, 0.3) is 0 Å². The molecule has 0 amide bonds. The summed E-state index contributed by atoms with van der Waals surface area (Å²) in [6.45, 7) is 1.73. The Hall–Kier alpha value is -1.27. The van der Waals surface area contributed by atoms with Crippen molar-refractivity contribution in [3.05, 3.63) is 29.8 Å². The van der Waals surface area contributed by atoms with E-state index in [1.54, 1.807) is 19.1 Å². The van der Waals surface area contributed by atoms with Gasteiger partial charge in [0.15, 0.2) is 6.61 Å². The van der Waals surface area contributed by atoms with Crippen molar-refractivity contribution in [3.63, 3.8) is 0 Å². The summed E-state index contributed by atoms with van der Waals surface area (Å²) in [5.74, 6) is 0.199. The van der Waals surface area contributed by atoms with Crippen LogP contribution in [0.5, 0.6) is 5.75 Å². The summed E-state index contributed by atoms with van der Waals surface area (Å²) < 4.78 is 40.4. The highest BCUT2D eigenvalue weighted by Crippen LogP contribution is 2.18. The Labute approximate surface area is 110 Å². The second kappa shape index (κ2) is 7.35. The summed E-state index contributed by atoms with van der Waals surface area (Å²) in [5, 5.41) is 12.2. The number of aliphatic hydroxyl groups is 1. The van der Waals surface area contributed by atoms with Gasteiger partial charge in [-0.1, -0.05) is 12.1 Å². The molecule has 6 heteroatoms. The molecule has 0 aliphatic carbocycles. The Morgan fingerprint density at radius 3 is 2.42 bits per heavy atom. The lowest BCUT2D eigenvalue weighted by atomic mass is 10.2. The zero-order chi connectivity index (χ0) is 14.3. The Bertz CT molecular complexity index is 363. The van der Waals surface area contributed by atoms with Crippen LogP contribution in [0, 0.1) is 0 Å². The van der Waals surface area contributed by atoms with E-state index in [0.717, 1.165) is 5.56 Å². The van der Waals surface area contributed by atoms with Crippen LogP contribution in [0.2, 0.25) is 0 Å². The second-order valence-corrected chi connectivity index (χ2v) is 4.36. The first kappa shape index (κ1) is 15.8. The lowest BCUT2D eigenvalue weighted by Gasteiger charge is -2.10. The molecule has 0 saturated heterocycles. The van der Waals surface area contributed by atoms with E-state index in [9.17, 15) is 13.2 Å². The first-order valence-corrected chi connectivity index (χ1v) is 6.04. The molecule has 1 atom stereocenters. The molecule has 0 spiro atoms. The van der Waals surface area contributed by atoms with Gasteiger partial charge >= 0.3 is 6.18 Å². The molecule has 1 aromatic rings. The van der Waals surface area contributed by atoms with Crippen LogP contribution >= 0.6 is 0 Å². The minimum Gasteiger partial charge on any atom is -0.484 e. The molecule has 2 N–H and O–H groups in total. The van der Waals surface area contributed by atoms with Gasteiger partial charge in [0, 0.05) is 6.54 Å². The molecule has 0 saturated carbocycles. The first-order chi connectivity index (χ1) is 8.87. The normalized spacial score (nSPS) is 13.3. The van der Waals surface area contributed by atoms with Crippen molar-refractivity contribution in [2.45, 2.75) is 32.2 Å². The molecule has 1 rings (SSSR count). The summed E-state index contributed by atoms with van der Waals surface area (Å²) in [4.78, 5) is 0. The number of hydrogen-bond acceptors (Lipinski definition) is 3. The van der Waals surface area contributed by atoms with Crippen LogP contribution < -0.4 is 10.1 Å². The number of halogens is 3. The largest absolute Gasteiger partial charge is 0.484 e. The topological polar surface area (TPSA) is 41.5 Å². The van der Waals surface area contributed by atoms with Crippen LogP contribution in [0.3, 0.4) is 0 Å². The monoisotopic (exact) mass is 277 g/mol. The van der Waals surface area contributed by atoms with Crippen molar-refractivity contribution in [1.29, 1.82) is 0 Å². The van der Waals surface area contributed by atoms with Gasteiger partial charge in [-0.25, -0.2) is 0 Å². The van der Waals surface area contributed by atoms with Crippen molar-refractivity contribution in [2.24, 2.45) is 0 Å². The summed E-state index contributed by atoms with van der Waals surface area (Å²) in [6.07, 6.45) is -4.00. The van der Waals surface area contributed by atoms with Gasteiger partial charge in [0.05, 0.1) is 6.10 Å². The van der Waals surface area contributed by atoms with Crippen LogP contribution in [0.1, 0.15) is 18.9 Å². The number of nitrogens with one attached hydrogen (secondary N) is 1. The molecule has 0 aliphatic heterocycles. The van der Waals surface area contributed by atoms with Crippen LogP contribution in [-0.2, 0) is 6.54 Å². The van der Waals surface area contributed by atoms with E-state index in [2.05, 4.69) is 10.1 Å². The minimum absolute atomic E-state index is 0.199. The highest BCUT2D eigenvalue weighted by atomic mass is 19.4. The molecular weight excluding hydrogens is 259 g/mol. The SMILES string of the molecule is CC(O)CCNCc1ccc(OCC(F)(F)F)cc1. The van der Waals surface area contributed by atoms with Crippen molar-refractivity contribution in [2.75, 3.05) is 13.2 Å². The third-order valence-corrected chi connectivity index (χ3v) is 2.39. The summed E-state index contributed by atoms with van der Waals surface area (Å²) in [5.41, 5.74) is 0.949. The fourth-order valence-electron chi connectivity index (χ4n) is 1.41. The lowest BCUT2D eigenvalue weighted by Crippen LogP contribution is -2.19. The Kier molecular flexibility index (Phi) is 6.11. The van der Waals surface area contributed by atoms with Crippen LogP contribution in [-0.4, -0.2) is 30.5 Å². The standard InChI is InChI=1S/C13H18F3NO2/c1-10(18)6-7-17-8-11-2-4-12(5-3-11)19-9-13(14,15)16/h2-5,10,17-18H,6-9H2,1H3. The number of aliphatic hydroxyl groups excluding tert-OH is 1. The van der Waals surface area contributed by atoms with Crippen molar-refractivity contribution in [1.82, 2.24) is 5.32 Å². The smallest absolute Gasteiger partial charge is 0.422 e. The summed E-state index contributed by atoms with van der Waals surface area (Å²) >= 11 is 0. The summed E-state index contributed by atoms with van der Waals surface area (Å²) in [6, 6.07) is 6.44. The highest BCUT2D eigenvalue weighted by Gasteiger charge is 2.28. The Morgan fingerprint density at radius 2 is 1.89 bits per heavy atom. The number of alkyl halides is 3. The molecule has 19 heavy (non-hydrogen) atoms. The first-order valence-electron chi connectivity index (χ1n) is 6.04.